The molecule has 2 aromatic heterocycles. The fraction of sp³-hybridized carbons (Fsp3) is 0.500. The maximum atomic E-state index is 12.2. The Balaban J connectivity index is 1.67. The van der Waals surface area contributed by atoms with Crippen molar-refractivity contribution < 1.29 is 19.1 Å². The van der Waals surface area contributed by atoms with Gasteiger partial charge in [-0.2, -0.15) is 5.10 Å². The van der Waals surface area contributed by atoms with Crippen LogP contribution in [0.4, 0.5) is 10.6 Å². The van der Waals surface area contributed by atoms with Gasteiger partial charge in [0.25, 0.3) is 0 Å². The van der Waals surface area contributed by atoms with Gasteiger partial charge in [-0.1, -0.05) is 0 Å². The molecule has 9 nitrogen and oxygen atoms in total. The molecule has 0 spiro atoms. The third-order valence-electron chi connectivity index (χ3n) is 4.75. The number of carbonyl (C=O) groups excluding carboxylic acids is 2. The van der Waals surface area contributed by atoms with Gasteiger partial charge in [-0.3, -0.25) is 4.68 Å². The summed E-state index contributed by atoms with van der Waals surface area (Å²) in [5, 5.41) is 4.47. The highest BCUT2D eigenvalue weighted by molar-refractivity contribution is 5.95. The predicted octanol–water partition coefficient (Wildman–Crippen LogP) is 2.89. The maximum Gasteiger partial charge on any atom is 0.410 e. The zero-order chi connectivity index (χ0) is 21.2. The minimum atomic E-state index is -0.529. The van der Waals surface area contributed by atoms with Crippen LogP contribution in [0.5, 0.6) is 0 Å². The number of anilines is 1. The summed E-state index contributed by atoms with van der Waals surface area (Å²) in [6.07, 6.45) is 6.55. The summed E-state index contributed by atoms with van der Waals surface area (Å²) >= 11 is 0. The molecule has 3 heterocycles. The molecule has 0 saturated carbocycles. The Bertz CT molecular complexity index is 895. The van der Waals surface area contributed by atoms with E-state index < -0.39 is 11.6 Å². The second-order valence-electron chi connectivity index (χ2n) is 8.06. The molecular weight excluding hydrogens is 374 g/mol. The number of carbonyl (C=O) groups is 2. The van der Waals surface area contributed by atoms with E-state index in [-0.39, 0.29) is 23.5 Å². The zero-order valence-corrected chi connectivity index (χ0v) is 17.2. The molecule has 0 unspecified atom stereocenters. The first kappa shape index (κ1) is 20.6. The second-order valence-corrected chi connectivity index (χ2v) is 8.06. The number of methoxy groups -OCH3 is 1. The zero-order valence-electron chi connectivity index (χ0n) is 17.2. The van der Waals surface area contributed by atoms with Gasteiger partial charge in [0.05, 0.1) is 19.3 Å². The van der Waals surface area contributed by atoms with Crippen molar-refractivity contribution in [3.8, 4) is 11.1 Å². The van der Waals surface area contributed by atoms with Crippen LogP contribution in [0, 0.1) is 0 Å². The fourth-order valence-corrected chi connectivity index (χ4v) is 3.23. The lowest BCUT2D eigenvalue weighted by Gasteiger charge is -2.33. The Kier molecular flexibility index (Phi) is 5.76. The van der Waals surface area contributed by atoms with Crippen molar-refractivity contribution in [3.05, 3.63) is 30.2 Å². The number of ether oxygens (including phenoxy) is 2. The van der Waals surface area contributed by atoms with Crippen molar-refractivity contribution >= 4 is 17.9 Å². The topological polar surface area (TPSA) is 113 Å². The highest BCUT2D eigenvalue weighted by atomic mass is 16.6. The average molecular weight is 401 g/mol. The third-order valence-corrected chi connectivity index (χ3v) is 4.75. The minimum Gasteiger partial charge on any atom is -0.465 e. The van der Waals surface area contributed by atoms with E-state index >= 15 is 0 Å². The van der Waals surface area contributed by atoms with Crippen molar-refractivity contribution in [2.75, 3.05) is 25.9 Å². The Labute approximate surface area is 169 Å². The van der Waals surface area contributed by atoms with Crippen LogP contribution in [0.25, 0.3) is 11.1 Å². The van der Waals surface area contributed by atoms with Crippen molar-refractivity contribution in [1.29, 1.82) is 0 Å². The molecule has 1 aliphatic rings. The molecule has 2 aromatic rings. The lowest BCUT2D eigenvalue weighted by molar-refractivity contribution is 0.0184. The Morgan fingerprint density at radius 2 is 1.86 bits per heavy atom. The van der Waals surface area contributed by atoms with Gasteiger partial charge in [0, 0.05) is 36.6 Å². The second kappa shape index (κ2) is 8.10. The monoisotopic (exact) mass is 401 g/mol. The molecule has 156 valence electrons. The summed E-state index contributed by atoms with van der Waals surface area (Å²) in [6, 6.07) is 1.84. The molecule has 0 aromatic carbocycles. The number of pyridine rings is 1. The SMILES string of the molecule is COC(=O)c1cc(-c2cnn(C3CCN(C(=O)OC(C)(C)C)CC3)c2)cnc1N. The van der Waals surface area contributed by atoms with E-state index in [1.807, 2.05) is 31.6 Å². The molecule has 1 aliphatic heterocycles. The first-order chi connectivity index (χ1) is 13.7. The van der Waals surface area contributed by atoms with Crippen LogP contribution in [0.15, 0.2) is 24.7 Å². The maximum absolute atomic E-state index is 12.2. The van der Waals surface area contributed by atoms with E-state index in [0.29, 0.717) is 13.1 Å². The molecule has 1 saturated heterocycles. The molecule has 1 fully saturated rings. The van der Waals surface area contributed by atoms with Crippen molar-refractivity contribution in [2.45, 2.75) is 45.3 Å². The van der Waals surface area contributed by atoms with Gasteiger partial charge in [0.1, 0.15) is 17.0 Å². The smallest absolute Gasteiger partial charge is 0.410 e. The van der Waals surface area contributed by atoms with E-state index in [9.17, 15) is 9.59 Å². The van der Waals surface area contributed by atoms with E-state index in [1.165, 1.54) is 7.11 Å². The number of hydrogen-bond donors (Lipinski definition) is 1. The van der Waals surface area contributed by atoms with E-state index in [2.05, 4.69) is 10.1 Å². The molecule has 1 amide bonds. The van der Waals surface area contributed by atoms with Gasteiger partial charge in [-0.25, -0.2) is 14.6 Å². The Morgan fingerprint density at radius 1 is 1.17 bits per heavy atom. The third kappa shape index (κ3) is 4.85. The van der Waals surface area contributed by atoms with Crippen LogP contribution in [0.2, 0.25) is 0 Å². The quantitative estimate of drug-likeness (QED) is 0.787. The fourth-order valence-electron chi connectivity index (χ4n) is 3.23. The molecule has 2 N–H and O–H groups in total. The highest BCUT2D eigenvalue weighted by Crippen LogP contribution is 2.27. The summed E-state index contributed by atoms with van der Waals surface area (Å²) < 4.78 is 12.1. The van der Waals surface area contributed by atoms with Gasteiger partial charge in [-0.05, 0) is 39.7 Å². The number of esters is 1. The van der Waals surface area contributed by atoms with Gasteiger partial charge < -0.3 is 20.1 Å². The molecule has 0 atom stereocenters. The van der Waals surface area contributed by atoms with Crippen LogP contribution < -0.4 is 5.73 Å². The molecular formula is C20H27N5O4. The number of nitrogens with two attached hydrogens (primary N) is 1. The largest absolute Gasteiger partial charge is 0.465 e. The lowest BCUT2D eigenvalue weighted by Crippen LogP contribution is -2.42. The molecule has 0 radical (unpaired) electrons. The number of rotatable bonds is 3. The molecule has 29 heavy (non-hydrogen) atoms. The van der Waals surface area contributed by atoms with Crippen LogP contribution in [-0.4, -0.2) is 57.5 Å². The van der Waals surface area contributed by atoms with E-state index in [0.717, 1.165) is 24.0 Å². The van der Waals surface area contributed by atoms with Crippen LogP contribution in [-0.2, 0) is 9.47 Å². The minimum absolute atomic E-state index is 0.127. The van der Waals surface area contributed by atoms with E-state index in [4.69, 9.17) is 15.2 Å². The average Bonchev–Trinajstić information content (AvgIpc) is 3.16. The van der Waals surface area contributed by atoms with Crippen LogP contribution in [0.3, 0.4) is 0 Å². The summed E-state index contributed by atoms with van der Waals surface area (Å²) in [6.45, 7) is 6.82. The summed E-state index contributed by atoms with van der Waals surface area (Å²) in [7, 11) is 1.30. The first-order valence-corrected chi connectivity index (χ1v) is 9.54. The van der Waals surface area contributed by atoms with E-state index in [1.54, 1.807) is 23.4 Å². The van der Waals surface area contributed by atoms with Crippen molar-refractivity contribution in [3.63, 3.8) is 0 Å². The summed E-state index contributed by atoms with van der Waals surface area (Å²) in [5.74, 6) is -0.402. The van der Waals surface area contributed by atoms with Crippen molar-refractivity contribution in [2.24, 2.45) is 0 Å². The van der Waals surface area contributed by atoms with Gasteiger partial charge >= 0.3 is 12.1 Å². The highest BCUT2D eigenvalue weighted by Gasteiger charge is 2.28. The van der Waals surface area contributed by atoms with Crippen LogP contribution in [0.1, 0.15) is 50.0 Å². The number of amides is 1. The first-order valence-electron chi connectivity index (χ1n) is 9.54. The number of nitrogen functional groups attached to an aromatic ring is 1. The van der Waals surface area contributed by atoms with Crippen LogP contribution >= 0.6 is 0 Å². The number of likely N-dealkylation sites (tertiary alicyclic amines) is 1. The molecule has 3 rings (SSSR count). The molecule has 0 aliphatic carbocycles. The number of aromatic nitrogens is 3. The number of nitrogens with zero attached hydrogens (tertiary/aromatic N) is 4. The van der Waals surface area contributed by atoms with Gasteiger partial charge in [-0.15, -0.1) is 0 Å². The Morgan fingerprint density at radius 3 is 2.48 bits per heavy atom. The Hall–Kier alpha value is -3.10. The standard InChI is InChI=1S/C20H27N5O4/c1-20(2,3)29-19(27)24-7-5-15(6-8-24)25-12-14(11-23-25)13-9-16(18(26)28-4)17(21)22-10-13/h9-12,15H,5-8H2,1-4H3,(H2,21,22). The molecule has 0 bridgehead atoms. The number of hydrogen-bond acceptors (Lipinski definition) is 7. The number of piperidine rings is 1. The van der Waals surface area contributed by atoms with Gasteiger partial charge in [0.2, 0.25) is 0 Å². The normalized spacial score (nSPS) is 15.2. The van der Waals surface area contributed by atoms with Crippen molar-refractivity contribution in [1.82, 2.24) is 19.7 Å². The van der Waals surface area contributed by atoms with Gasteiger partial charge in [0.15, 0.2) is 0 Å². The molecule has 9 heteroatoms. The lowest BCUT2D eigenvalue weighted by atomic mass is 10.1. The predicted molar refractivity (Wildman–Crippen MR) is 107 cm³/mol. The summed E-state index contributed by atoms with van der Waals surface area (Å²) in [4.78, 5) is 29.9. The summed E-state index contributed by atoms with van der Waals surface area (Å²) in [5.41, 5.74) is 7.06.